The Bertz CT molecular complexity index is 809. The van der Waals surface area contributed by atoms with Crippen LogP contribution in [0.1, 0.15) is 25.3 Å². The van der Waals surface area contributed by atoms with Crippen LogP contribution in [-0.4, -0.2) is 35.6 Å². The highest BCUT2D eigenvalue weighted by Gasteiger charge is 2.69. The highest BCUT2D eigenvalue weighted by molar-refractivity contribution is 5.95. The zero-order valence-corrected chi connectivity index (χ0v) is 14.5. The van der Waals surface area contributed by atoms with E-state index in [0.717, 1.165) is 30.6 Å². The Balaban J connectivity index is 1.66. The molecule has 1 aromatic carbocycles. The molecule has 0 N–H and O–H groups in total. The van der Waals surface area contributed by atoms with Crippen molar-refractivity contribution in [3.05, 3.63) is 71.8 Å². The van der Waals surface area contributed by atoms with E-state index in [0.29, 0.717) is 12.0 Å². The minimum Gasteiger partial charge on any atom is -0.450 e. The first-order chi connectivity index (χ1) is 12.2. The molecule has 0 aromatic heterocycles. The topological polar surface area (TPSA) is 29.5 Å². The van der Waals surface area contributed by atoms with Crippen molar-refractivity contribution >= 4 is 5.97 Å². The minimum atomic E-state index is -0.780. The number of fused-ring (bicyclic) bond motifs is 4. The molecule has 3 saturated heterocycles. The van der Waals surface area contributed by atoms with Gasteiger partial charge in [0, 0.05) is 12.1 Å². The van der Waals surface area contributed by atoms with E-state index in [1.807, 2.05) is 48.6 Å². The maximum absolute atomic E-state index is 13.3. The summed E-state index contributed by atoms with van der Waals surface area (Å²) in [6, 6.07) is 10.4. The van der Waals surface area contributed by atoms with E-state index in [1.54, 1.807) is 0 Å². The smallest absolute Gasteiger partial charge is 0.325 e. The van der Waals surface area contributed by atoms with Crippen molar-refractivity contribution in [2.75, 3.05) is 13.1 Å². The number of piperidine rings is 1. The van der Waals surface area contributed by atoms with Crippen molar-refractivity contribution in [2.45, 2.75) is 36.8 Å². The normalized spacial score (nSPS) is 39.2. The lowest BCUT2D eigenvalue weighted by molar-refractivity contribution is -0.182. The number of ether oxygens (including phenoxy) is 1. The van der Waals surface area contributed by atoms with Crippen LogP contribution in [0.25, 0.3) is 0 Å². The molecule has 0 bridgehead atoms. The van der Waals surface area contributed by atoms with E-state index in [1.165, 1.54) is 6.42 Å². The predicted octanol–water partition coefficient (Wildman–Crippen LogP) is 3.39. The van der Waals surface area contributed by atoms with Gasteiger partial charge in [-0.3, -0.25) is 9.69 Å². The highest BCUT2D eigenvalue weighted by Crippen LogP contribution is 2.57. The number of carbonyl (C=O) groups is 1. The molecular formula is C22H23NO2. The molecule has 0 saturated carbocycles. The molecule has 5 rings (SSSR count). The van der Waals surface area contributed by atoms with Gasteiger partial charge in [0.25, 0.3) is 0 Å². The average molecular weight is 333 g/mol. The summed E-state index contributed by atoms with van der Waals surface area (Å²) in [5.41, 5.74) is 0.889. The van der Waals surface area contributed by atoms with E-state index in [-0.39, 0.29) is 5.97 Å². The molecule has 4 atom stereocenters. The fourth-order valence-electron chi connectivity index (χ4n) is 5.19. The molecule has 25 heavy (non-hydrogen) atoms. The maximum Gasteiger partial charge on any atom is 0.325 e. The zero-order chi connectivity index (χ0) is 17.1. The third-order valence-electron chi connectivity index (χ3n) is 6.49. The second-order valence-electron chi connectivity index (χ2n) is 7.89. The molecule has 1 aliphatic carbocycles. The third kappa shape index (κ3) is 1.87. The minimum absolute atomic E-state index is 0.122. The van der Waals surface area contributed by atoms with Crippen LogP contribution in [0.2, 0.25) is 0 Å². The summed E-state index contributed by atoms with van der Waals surface area (Å²) in [4.78, 5) is 15.8. The van der Waals surface area contributed by atoms with Gasteiger partial charge in [0.2, 0.25) is 0 Å². The van der Waals surface area contributed by atoms with Crippen LogP contribution in [0.4, 0.5) is 0 Å². The van der Waals surface area contributed by atoms with Gasteiger partial charge >= 0.3 is 5.97 Å². The quantitative estimate of drug-likeness (QED) is 0.738. The SMILES string of the molecule is C[C@@H]1CCN2C[C@]3(OC(=O)[C@]4(c5ccccc5)C=CC=CC=C43)[C@@H]2C1. The van der Waals surface area contributed by atoms with Gasteiger partial charge in [0.1, 0.15) is 5.41 Å². The van der Waals surface area contributed by atoms with Crippen LogP contribution >= 0.6 is 0 Å². The molecule has 1 aromatic rings. The highest BCUT2D eigenvalue weighted by atomic mass is 16.6. The Kier molecular flexibility index (Phi) is 3.14. The molecular weight excluding hydrogens is 310 g/mol. The fraction of sp³-hybridized carbons (Fsp3) is 0.409. The van der Waals surface area contributed by atoms with Crippen LogP contribution in [0.3, 0.4) is 0 Å². The molecule has 3 fully saturated rings. The molecule has 0 amide bonds. The van der Waals surface area contributed by atoms with Gasteiger partial charge in [-0.05, 0) is 30.9 Å². The molecule has 0 radical (unpaired) electrons. The largest absolute Gasteiger partial charge is 0.450 e. The first-order valence-electron chi connectivity index (χ1n) is 9.27. The number of hydrogen-bond donors (Lipinski definition) is 0. The number of rotatable bonds is 1. The van der Waals surface area contributed by atoms with Gasteiger partial charge in [-0.1, -0.05) is 67.6 Å². The summed E-state index contributed by atoms with van der Waals surface area (Å²) in [7, 11) is 0. The van der Waals surface area contributed by atoms with Crippen LogP contribution in [0, 0.1) is 5.92 Å². The number of nitrogens with zero attached hydrogens (tertiary/aromatic N) is 1. The van der Waals surface area contributed by atoms with Crippen molar-refractivity contribution in [1.82, 2.24) is 4.90 Å². The summed E-state index contributed by atoms with van der Waals surface area (Å²) in [5, 5.41) is 0. The monoisotopic (exact) mass is 333 g/mol. The Morgan fingerprint density at radius 1 is 1.16 bits per heavy atom. The molecule has 3 nitrogen and oxygen atoms in total. The number of carbonyl (C=O) groups excluding carboxylic acids is 1. The van der Waals surface area contributed by atoms with Crippen molar-refractivity contribution in [3.8, 4) is 0 Å². The Labute approximate surface area is 148 Å². The van der Waals surface area contributed by atoms with E-state index >= 15 is 0 Å². The number of esters is 1. The Morgan fingerprint density at radius 3 is 2.84 bits per heavy atom. The molecule has 3 heteroatoms. The first-order valence-corrected chi connectivity index (χ1v) is 9.27. The lowest BCUT2D eigenvalue weighted by atomic mass is 9.63. The lowest BCUT2D eigenvalue weighted by Gasteiger charge is -2.58. The molecule has 3 aliphatic heterocycles. The zero-order valence-electron chi connectivity index (χ0n) is 14.5. The van der Waals surface area contributed by atoms with Gasteiger partial charge in [0.15, 0.2) is 5.60 Å². The van der Waals surface area contributed by atoms with Gasteiger partial charge < -0.3 is 4.74 Å². The van der Waals surface area contributed by atoms with Crippen molar-refractivity contribution in [1.29, 1.82) is 0 Å². The number of benzene rings is 1. The van der Waals surface area contributed by atoms with E-state index in [2.05, 4.69) is 24.0 Å². The molecule has 1 spiro atoms. The number of hydrogen-bond acceptors (Lipinski definition) is 3. The third-order valence-corrected chi connectivity index (χ3v) is 6.49. The fourth-order valence-corrected chi connectivity index (χ4v) is 5.19. The second kappa shape index (κ2) is 5.18. The maximum atomic E-state index is 13.3. The van der Waals surface area contributed by atoms with Crippen molar-refractivity contribution < 1.29 is 9.53 Å². The van der Waals surface area contributed by atoms with Crippen LogP contribution < -0.4 is 0 Å². The first kappa shape index (κ1) is 15.2. The average Bonchev–Trinajstić information content (AvgIpc) is 2.77. The van der Waals surface area contributed by atoms with Crippen LogP contribution in [0.15, 0.2) is 66.3 Å². The molecule has 0 unspecified atom stereocenters. The Hall–Kier alpha value is -2.13. The number of allylic oxidation sites excluding steroid dienone is 4. The Morgan fingerprint density at radius 2 is 2.00 bits per heavy atom. The summed E-state index contributed by atoms with van der Waals surface area (Å²) in [5.74, 6) is 0.559. The van der Waals surface area contributed by atoms with Gasteiger partial charge in [-0.2, -0.15) is 0 Å². The summed E-state index contributed by atoms with van der Waals surface area (Å²) in [6.07, 6.45) is 12.5. The van der Waals surface area contributed by atoms with Crippen molar-refractivity contribution in [3.63, 3.8) is 0 Å². The standard InChI is InChI=1S/C22H23NO2/c1-16-11-13-23-15-22(19(23)14-16)18-10-6-3-7-12-21(18,20(24)25-22)17-8-4-2-5-9-17/h2-10,12,16,19H,11,13-15H2,1H3/t16-,19+,21+,22-/m1/s1. The van der Waals surface area contributed by atoms with E-state index in [4.69, 9.17) is 4.74 Å². The molecule has 3 heterocycles. The summed E-state index contributed by atoms with van der Waals surface area (Å²) in [6.45, 7) is 4.26. The second-order valence-corrected chi connectivity index (χ2v) is 7.89. The van der Waals surface area contributed by atoms with Gasteiger partial charge in [0.05, 0.1) is 6.04 Å². The van der Waals surface area contributed by atoms with Gasteiger partial charge in [-0.15, -0.1) is 0 Å². The van der Waals surface area contributed by atoms with Crippen LogP contribution in [-0.2, 0) is 14.9 Å². The summed E-state index contributed by atoms with van der Waals surface area (Å²) < 4.78 is 6.23. The van der Waals surface area contributed by atoms with Crippen molar-refractivity contribution in [2.24, 2.45) is 5.92 Å². The lowest BCUT2D eigenvalue weighted by Crippen LogP contribution is -2.72. The molecule has 128 valence electrons. The van der Waals surface area contributed by atoms with E-state index < -0.39 is 11.0 Å². The van der Waals surface area contributed by atoms with Crippen LogP contribution in [0.5, 0.6) is 0 Å². The van der Waals surface area contributed by atoms with E-state index in [9.17, 15) is 4.79 Å². The summed E-state index contributed by atoms with van der Waals surface area (Å²) >= 11 is 0. The van der Waals surface area contributed by atoms with Gasteiger partial charge in [-0.25, -0.2) is 0 Å². The molecule has 4 aliphatic rings. The predicted molar refractivity (Wildman–Crippen MR) is 97.1 cm³/mol.